The molecule has 0 aromatic heterocycles. The van der Waals surface area contributed by atoms with Gasteiger partial charge in [0.15, 0.2) is 0 Å². The zero-order chi connectivity index (χ0) is 38.7. The van der Waals surface area contributed by atoms with Crippen molar-refractivity contribution in [3.63, 3.8) is 0 Å². The highest BCUT2D eigenvalue weighted by atomic mass is 79.9. The van der Waals surface area contributed by atoms with Crippen LogP contribution in [0.3, 0.4) is 0 Å². The Morgan fingerprint density at radius 1 is 0.393 bits per heavy atom. The van der Waals surface area contributed by atoms with Gasteiger partial charge in [0.2, 0.25) is 0 Å². The Bertz CT molecular complexity index is 2230. The van der Waals surface area contributed by atoms with E-state index in [1.165, 1.54) is 149 Å². The summed E-state index contributed by atoms with van der Waals surface area (Å²) in [5, 5.41) is 0. The molecule has 0 amide bonds. The van der Waals surface area contributed by atoms with Crippen LogP contribution in [-0.2, 0) is 10.8 Å². The van der Waals surface area contributed by atoms with Gasteiger partial charge in [-0.1, -0.05) is 168 Å². The Balaban J connectivity index is 1.28. The highest BCUT2D eigenvalue weighted by Crippen LogP contribution is 2.58. The maximum absolute atomic E-state index is 3.87. The Morgan fingerprint density at radius 2 is 0.768 bits per heavy atom. The average Bonchev–Trinajstić information content (AvgIpc) is 3.66. The minimum Gasteiger partial charge on any atom is -0.310 e. The van der Waals surface area contributed by atoms with Crippen molar-refractivity contribution >= 4 is 33.0 Å². The number of anilines is 3. The summed E-state index contributed by atoms with van der Waals surface area (Å²) >= 11 is 3.87. The molecule has 8 rings (SSSR count). The van der Waals surface area contributed by atoms with Gasteiger partial charge in [-0.05, 0) is 142 Å². The van der Waals surface area contributed by atoms with Crippen LogP contribution in [0.4, 0.5) is 17.1 Å². The van der Waals surface area contributed by atoms with Crippen molar-refractivity contribution in [2.45, 2.75) is 116 Å². The number of rotatable bonds is 16. The lowest BCUT2D eigenvalue weighted by Gasteiger charge is -2.34. The highest BCUT2D eigenvalue weighted by molar-refractivity contribution is 9.10. The van der Waals surface area contributed by atoms with Crippen LogP contribution in [0.25, 0.3) is 33.4 Å². The molecule has 0 unspecified atom stereocenters. The number of hydrogen-bond acceptors (Lipinski definition) is 1. The van der Waals surface area contributed by atoms with Crippen LogP contribution in [0.5, 0.6) is 0 Å². The molecule has 2 aliphatic carbocycles. The third-order valence-electron chi connectivity index (χ3n) is 13.1. The molecule has 0 radical (unpaired) electrons. The Labute approximate surface area is 345 Å². The number of nitrogens with zero attached hydrogens (tertiary/aromatic N) is 1. The predicted octanol–water partition coefficient (Wildman–Crippen LogP) is 16.9. The van der Waals surface area contributed by atoms with Crippen LogP contribution < -0.4 is 4.90 Å². The van der Waals surface area contributed by atoms with Crippen molar-refractivity contribution < 1.29 is 0 Å². The number of halogens is 1. The Kier molecular flexibility index (Phi) is 11.4. The first-order valence-electron chi connectivity index (χ1n) is 21.6. The first kappa shape index (κ1) is 38.5. The van der Waals surface area contributed by atoms with E-state index in [4.69, 9.17) is 0 Å². The molecule has 6 aromatic rings. The highest BCUT2D eigenvalue weighted by Gasteiger charge is 2.44. The lowest BCUT2D eigenvalue weighted by molar-refractivity contribution is 0.414. The molecule has 2 aliphatic rings. The molecule has 0 fully saturated rings. The zero-order valence-corrected chi connectivity index (χ0v) is 35.6. The van der Waals surface area contributed by atoms with E-state index in [0.29, 0.717) is 0 Å². The van der Waals surface area contributed by atoms with Gasteiger partial charge in [0.1, 0.15) is 0 Å². The van der Waals surface area contributed by atoms with Crippen LogP contribution in [0.2, 0.25) is 0 Å². The molecule has 0 N–H and O–H groups in total. The van der Waals surface area contributed by atoms with Gasteiger partial charge in [-0.2, -0.15) is 0 Å². The van der Waals surface area contributed by atoms with E-state index in [1.54, 1.807) is 5.56 Å². The minimum atomic E-state index is -0.0347. The van der Waals surface area contributed by atoms with E-state index >= 15 is 0 Å². The normalized spacial score (nSPS) is 14.2. The monoisotopic (exact) mass is 799 g/mol. The number of hydrogen-bond donors (Lipinski definition) is 0. The van der Waals surface area contributed by atoms with Gasteiger partial charge in [-0.25, -0.2) is 0 Å². The van der Waals surface area contributed by atoms with Crippen molar-refractivity contribution in [1.29, 1.82) is 0 Å². The summed E-state index contributed by atoms with van der Waals surface area (Å²) in [6, 6.07) is 51.1. The molecule has 0 heterocycles. The molecular formula is C54H58BrN. The molecule has 0 spiro atoms. The second kappa shape index (κ2) is 16.6. The van der Waals surface area contributed by atoms with Crippen LogP contribution in [0.15, 0.2) is 138 Å². The van der Waals surface area contributed by atoms with Gasteiger partial charge in [0, 0.05) is 32.4 Å². The van der Waals surface area contributed by atoms with E-state index in [1.807, 2.05) is 0 Å². The van der Waals surface area contributed by atoms with Gasteiger partial charge in [-0.3, -0.25) is 0 Å². The molecule has 286 valence electrons. The lowest BCUT2D eigenvalue weighted by Crippen LogP contribution is -2.26. The topological polar surface area (TPSA) is 3.24 Å². The molecule has 0 saturated carbocycles. The molecule has 2 heteroatoms. The smallest absolute Gasteiger partial charge is 0.0465 e. The largest absolute Gasteiger partial charge is 0.310 e. The summed E-state index contributed by atoms with van der Waals surface area (Å²) < 4.78 is 1.19. The maximum Gasteiger partial charge on any atom is 0.0465 e. The fraction of sp³-hybridized carbons (Fsp3) is 0.333. The van der Waals surface area contributed by atoms with Gasteiger partial charge in [-0.15, -0.1) is 0 Å². The number of fused-ring (bicyclic) bond motifs is 6. The number of benzene rings is 6. The first-order chi connectivity index (χ1) is 27.5. The van der Waals surface area contributed by atoms with Crippen molar-refractivity contribution in [3.8, 4) is 33.4 Å². The zero-order valence-electron chi connectivity index (χ0n) is 34.0. The van der Waals surface area contributed by atoms with Gasteiger partial charge in [0.05, 0.1) is 0 Å². The maximum atomic E-state index is 3.87. The summed E-state index contributed by atoms with van der Waals surface area (Å²) in [5.74, 6) is 0. The van der Waals surface area contributed by atoms with E-state index in [0.717, 1.165) is 0 Å². The first-order valence-corrected chi connectivity index (χ1v) is 22.4. The van der Waals surface area contributed by atoms with E-state index < -0.39 is 0 Å². The SMILES string of the molecule is CCCCC1(CCCC)c2cc(Br)ccc2-c2ccc(-c3ccc4c(c3)C(CCCC)(CCCC)c3cc(N(c5ccccc5)c5ccccc5)ccc3-4)cc21. The van der Waals surface area contributed by atoms with Crippen LogP contribution in [-0.4, -0.2) is 0 Å². The van der Waals surface area contributed by atoms with Crippen LogP contribution in [0, 0.1) is 0 Å². The van der Waals surface area contributed by atoms with E-state index in [9.17, 15) is 0 Å². The molecule has 0 saturated heterocycles. The third kappa shape index (κ3) is 6.76. The van der Waals surface area contributed by atoms with Crippen molar-refractivity contribution in [2.24, 2.45) is 0 Å². The minimum absolute atomic E-state index is 0.0347. The van der Waals surface area contributed by atoms with E-state index in [2.05, 4.69) is 182 Å². The van der Waals surface area contributed by atoms with Crippen LogP contribution in [0.1, 0.15) is 127 Å². The molecular weight excluding hydrogens is 743 g/mol. The van der Waals surface area contributed by atoms with Gasteiger partial charge < -0.3 is 4.90 Å². The fourth-order valence-corrected chi connectivity index (χ4v) is 10.7. The number of para-hydroxylation sites is 2. The summed E-state index contributed by atoms with van der Waals surface area (Å²) in [4.78, 5) is 2.43. The second-order valence-corrected chi connectivity index (χ2v) is 17.4. The second-order valence-electron chi connectivity index (χ2n) is 16.5. The summed E-state index contributed by atoms with van der Waals surface area (Å²) in [6.45, 7) is 9.40. The Hall–Kier alpha value is -4.40. The van der Waals surface area contributed by atoms with Crippen LogP contribution >= 0.6 is 15.9 Å². The summed E-state index contributed by atoms with van der Waals surface area (Å²) in [6.07, 6.45) is 14.4. The third-order valence-corrected chi connectivity index (χ3v) is 13.6. The lowest BCUT2D eigenvalue weighted by atomic mass is 9.70. The number of unbranched alkanes of at least 4 members (excludes halogenated alkanes) is 4. The van der Waals surface area contributed by atoms with E-state index in [-0.39, 0.29) is 10.8 Å². The van der Waals surface area contributed by atoms with Crippen molar-refractivity contribution in [2.75, 3.05) is 4.90 Å². The molecule has 6 aromatic carbocycles. The molecule has 0 bridgehead atoms. The van der Waals surface area contributed by atoms with Gasteiger partial charge >= 0.3 is 0 Å². The molecule has 56 heavy (non-hydrogen) atoms. The summed E-state index contributed by atoms with van der Waals surface area (Å²) in [7, 11) is 0. The Morgan fingerprint density at radius 3 is 1.20 bits per heavy atom. The summed E-state index contributed by atoms with van der Waals surface area (Å²) in [5.41, 5.74) is 18.1. The van der Waals surface area contributed by atoms with Crippen molar-refractivity contribution in [3.05, 3.63) is 160 Å². The quantitative estimate of drug-likeness (QED) is 0.0942. The average molecular weight is 801 g/mol. The van der Waals surface area contributed by atoms with Gasteiger partial charge in [0.25, 0.3) is 0 Å². The fourth-order valence-electron chi connectivity index (χ4n) is 10.3. The standard InChI is InChI=1S/C54H58BrN/c1-5-9-31-53(32-10-6-2)49-35-39(23-27-45(49)47-29-25-41(55)37-51(47)53)40-24-28-46-48-30-26-44(56(42-19-15-13-16-20-42)43-21-17-14-18-22-43)38-52(48)54(33-11-7-3,34-12-8-4)50(46)36-40/h13-30,35-38H,5-12,31-34H2,1-4H3. The molecule has 1 nitrogen and oxygen atoms in total. The van der Waals surface area contributed by atoms with Crippen molar-refractivity contribution in [1.82, 2.24) is 0 Å². The molecule has 0 atom stereocenters. The predicted molar refractivity (Wildman–Crippen MR) is 245 cm³/mol. The molecule has 0 aliphatic heterocycles.